The first-order chi connectivity index (χ1) is 9.58. The molecule has 0 aliphatic carbocycles. The van der Waals surface area contributed by atoms with Crippen LogP contribution in [0.2, 0.25) is 0 Å². The number of carbonyl (C=O) groups is 2. The minimum atomic E-state index is -0.168. The number of nitrogens with zero attached hydrogens (tertiary/aromatic N) is 2. The van der Waals surface area contributed by atoms with Crippen molar-refractivity contribution in [1.82, 2.24) is 10.2 Å². The molecule has 1 saturated heterocycles. The number of aliphatic imine (C=N–C) groups is 1. The van der Waals surface area contributed by atoms with Crippen molar-refractivity contribution in [2.45, 2.75) is 12.5 Å². The molecule has 0 radical (unpaired) electrons. The minimum Gasteiger partial charge on any atom is -0.370 e. The molecule has 1 fully saturated rings. The Morgan fingerprint density at radius 1 is 1.35 bits per heavy atom. The van der Waals surface area contributed by atoms with Gasteiger partial charge in [-0.3, -0.25) is 9.59 Å². The molecule has 2 amide bonds. The van der Waals surface area contributed by atoms with E-state index in [-0.39, 0.29) is 17.9 Å². The van der Waals surface area contributed by atoms with Crippen LogP contribution in [0.25, 0.3) is 0 Å². The van der Waals surface area contributed by atoms with Crippen LogP contribution < -0.4 is 16.8 Å². The molecule has 1 heterocycles. The Kier molecular flexibility index (Phi) is 4.19. The molecule has 5 N–H and O–H groups in total. The fraction of sp³-hybridized carbons (Fsp3) is 0.308. The average Bonchev–Trinajstić information content (AvgIpc) is 2.86. The standard InChI is InChI=1S/C13H17N5O2/c14-13(15)17-10-3-1-9(2-4-10)12(20)16-11-5-6-18(7-11)8-19/h1-4,8,11H,5-7H2,(H,16,20)(H4,14,15,17). The zero-order valence-corrected chi connectivity index (χ0v) is 11.0. The van der Waals surface area contributed by atoms with E-state index in [9.17, 15) is 9.59 Å². The van der Waals surface area contributed by atoms with Crippen LogP contribution >= 0.6 is 0 Å². The van der Waals surface area contributed by atoms with Crippen molar-refractivity contribution in [3.8, 4) is 0 Å². The first kappa shape index (κ1) is 13.9. The molecule has 1 atom stereocenters. The summed E-state index contributed by atoms with van der Waals surface area (Å²) in [7, 11) is 0. The summed E-state index contributed by atoms with van der Waals surface area (Å²) >= 11 is 0. The second-order valence-electron chi connectivity index (χ2n) is 4.64. The third-order valence-corrected chi connectivity index (χ3v) is 3.09. The lowest BCUT2D eigenvalue weighted by atomic mass is 10.1. The van der Waals surface area contributed by atoms with Crippen LogP contribution in [-0.2, 0) is 4.79 Å². The Morgan fingerprint density at radius 2 is 2.05 bits per heavy atom. The number of rotatable bonds is 4. The molecule has 7 heteroatoms. The molecule has 0 bridgehead atoms. The van der Waals surface area contributed by atoms with E-state index in [1.54, 1.807) is 29.2 Å². The van der Waals surface area contributed by atoms with Crippen molar-refractivity contribution in [2.24, 2.45) is 16.5 Å². The lowest BCUT2D eigenvalue weighted by Gasteiger charge is -2.12. The molecule has 1 unspecified atom stereocenters. The smallest absolute Gasteiger partial charge is 0.251 e. The molecule has 0 aromatic heterocycles. The highest BCUT2D eigenvalue weighted by atomic mass is 16.2. The summed E-state index contributed by atoms with van der Waals surface area (Å²) in [5.74, 6) is -0.193. The van der Waals surface area contributed by atoms with Gasteiger partial charge in [0.25, 0.3) is 5.91 Å². The molecule has 106 valence electrons. The molecule has 1 aromatic carbocycles. The third kappa shape index (κ3) is 3.47. The summed E-state index contributed by atoms with van der Waals surface area (Å²) in [6.45, 7) is 1.24. The maximum Gasteiger partial charge on any atom is 0.251 e. The lowest BCUT2D eigenvalue weighted by Crippen LogP contribution is -2.36. The van der Waals surface area contributed by atoms with Gasteiger partial charge in [0, 0.05) is 24.7 Å². The van der Waals surface area contributed by atoms with Crippen molar-refractivity contribution in [3.63, 3.8) is 0 Å². The van der Waals surface area contributed by atoms with E-state index >= 15 is 0 Å². The quantitative estimate of drug-likeness (QED) is 0.392. The van der Waals surface area contributed by atoms with E-state index in [1.165, 1.54) is 0 Å². The van der Waals surface area contributed by atoms with Crippen molar-refractivity contribution in [2.75, 3.05) is 13.1 Å². The fourth-order valence-electron chi connectivity index (χ4n) is 2.11. The minimum absolute atomic E-state index is 0.00471. The van der Waals surface area contributed by atoms with E-state index in [2.05, 4.69) is 10.3 Å². The van der Waals surface area contributed by atoms with Crippen molar-refractivity contribution in [1.29, 1.82) is 0 Å². The van der Waals surface area contributed by atoms with Gasteiger partial charge in [-0.2, -0.15) is 0 Å². The maximum absolute atomic E-state index is 12.0. The van der Waals surface area contributed by atoms with Crippen LogP contribution in [0.4, 0.5) is 5.69 Å². The van der Waals surface area contributed by atoms with Gasteiger partial charge in [0.15, 0.2) is 5.96 Å². The van der Waals surface area contributed by atoms with Gasteiger partial charge in [-0.05, 0) is 30.7 Å². The van der Waals surface area contributed by atoms with Crippen LogP contribution in [0.15, 0.2) is 29.3 Å². The second-order valence-corrected chi connectivity index (χ2v) is 4.64. The van der Waals surface area contributed by atoms with Gasteiger partial charge in [0.05, 0.1) is 5.69 Å². The Bertz CT molecular complexity index is 522. The zero-order chi connectivity index (χ0) is 14.5. The van der Waals surface area contributed by atoms with Gasteiger partial charge in [-0.15, -0.1) is 0 Å². The van der Waals surface area contributed by atoms with E-state index < -0.39 is 0 Å². The number of guanidine groups is 1. The Labute approximate surface area is 116 Å². The average molecular weight is 275 g/mol. The number of amides is 2. The summed E-state index contributed by atoms with van der Waals surface area (Å²) in [6.07, 6.45) is 1.58. The molecule has 1 aliphatic heterocycles. The number of hydrogen-bond donors (Lipinski definition) is 3. The summed E-state index contributed by atoms with van der Waals surface area (Å²) in [4.78, 5) is 28.2. The van der Waals surface area contributed by atoms with Gasteiger partial charge in [0.1, 0.15) is 0 Å². The maximum atomic E-state index is 12.0. The number of nitrogens with two attached hydrogens (primary N) is 2. The molecular weight excluding hydrogens is 258 g/mol. The summed E-state index contributed by atoms with van der Waals surface area (Å²) in [5, 5.41) is 2.89. The predicted octanol–water partition coefficient (Wildman–Crippen LogP) is -0.448. The van der Waals surface area contributed by atoms with Crippen LogP contribution in [-0.4, -0.2) is 42.3 Å². The number of benzene rings is 1. The monoisotopic (exact) mass is 275 g/mol. The topological polar surface area (TPSA) is 114 Å². The Balaban J connectivity index is 1.96. The molecule has 0 saturated carbocycles. The van der Waals surface area contributed by atoms with Gasteiger partial charge in [-0.25, -0.2) is 4.99 Å². The number of likely N-dealkylation sites (tertiary alicyclic amines) is 1. The molecule has 2 rings (SSSR count). The van der Waals surface area contributed by atoms with Gasteiger partial charge >= 0.3 is 0 Å². The Morgan fingerprint density at radius 3 is 2.60 bits per heavy atom. The summed E-state index contributed by atoms with van der Waals surface area (Å²) in [5.41, 5.74) is 11.7. The van der Waals surface area contributed by atoms with Gasteiger partial charge < -0.3 is 21.7 Å². The molecule has 7 nitrogen and oxygen atoms in total. The molecule has 20 heavy (non-hydrogen) atoms. The van der Waals surface area contributed by atoms with Crippen molar-refractivity contribution >= 4 is 24.0 Å². The van der Waals surface area contributed by atoms with Crippen molar-refractivity contribution in [3.05, 3.63) is 29.8 Å². The largest absolute Gasteiger partial charge is 0.370 e. The highest BCUT2D eigenvalue weighted by Gasteiger charge is 2.22. The SMILES string of the molecule is NC(N)=Nc1ccc(C(=O)NC2CCN(C=O)C2)cc1. The molecular formula is C13H17N5O2. The van der Waals surface area contributed by atoms with E-state index in [0.717, 1.165) is 12.8 Å². The second kappa shape index (κ2) is 6.05. The third-order valence-electron chi connectivity index (χ3n) is 3.09. The van der Waals surface area contributed by atoms with E-state index in [0.29, 0.717) is 24.3 Å². The first-order valence-corrected chi connectivity index (χ1v) is 6.28. The Hall–Kier alpha value is -2.57. The first-order valence-electron chi connectivity index (χ1n) is 6.28. The van der Waals surface area contributed by atoms with Crippen LogP contribution in [0.5, 0.6) is 0 Å². The van der Waals surface area contributed by atoms with Crippen LogP contribution in [0.3, 0.4) is 0 Å². The normalized spacial score (nSPS) is 17.6. The van der Waals surface area contributed by atoms with Crippen LogP contribution in [0, 0.1) is 0 Å². The molecule has 0 spiro atoms. The predicted molar refractivity (Wildman–Crippen MR) is 75.4 cm³/mol. The highest BCUT2D eigenvalue weighted by Crippen LogP contribution is 2.13. The summed E-state index contributed by atoms with van der Waals surface area (Å²) < 4.78 is 0. The highest BCUT2D eigenvalue weighted by molar-refractivity contribution is 5.94. The van der Waals surface area contributed by atoms with Crippen LogP contribution in [0.1, 0.15) is 16.8 Å². The fourth-order valence-corrected chi connectivity index (χ4v) is 2.11. The lowest BCUT2D eigenvalue weighted by molar-refractivity contribution is -0.117. The van der Waals surface area contributed by atoms with Crippen molar-refractivity contribution < 1.29 is 9.59 Å². The number of nitrogens with one attached hydrogen (secondary N) is 1. The molecule has 1 aliphatic rings. The van der Waals surface area contributed by atoms with Gasteiger partial charge in [-0.1, -0.05) is 0 Å². The number of carbonyl (C=O) groups excluding carboxylic acids is 2. The zero-order valence-electron chi connectivity index (χ0n) is 11.0. The van der Waals surface area contributed by atoms with Gasteiger partial charge in [0.2, 0.25) is 6.41 Å². The van der Waals surface area contributed by atoms with E-state index in [4.69, 9.17) is 11.5 Å². The summed E-state index contributed by atoms with van der Waals surface area (Å²) in [6, 6.07) is 6.65. The number of hydrogen-bond acceptors (Lipinski definition) is 3. The van der Waals surface area contributed by atoms with E-state index in [1.807, 2.05) is 0 Å². The molecule has 1 aromatic rings.